The van der Waals surface area contributed by atoms with Crippen molar-refractivity contribution in [3.63, 3.8) is 0 Å². The van der Waals surface area contributed by atoms with Gasteiger partial charge in [-0.2, -0.15) is 0 Å². The number of nitrogens with zero attached hydrogens (tertiary/aromatic N) is 1. The van der Waals surface area contributed by atoms with Gasteiger partial charge in [-0.3, -0.25) is 4.79 Å². The van der Waals surface area contributed by atoms with Crippen molar-refractivity contribution < 1.29 is 14.3 Å². The Labute approximate surface area is 115 Å². The van der Waals surface area contributed by atoms with Crippen LogP contribution < -0.4 is 11.1 Å². The number of nitrogens with one attached hydrogen (secondary N) is 1. The molecule has 1 aromatic rings. The van der Waals surface area contributed by atoms with Gasteiger partial charge >= 0.3 is 6.09 Å². The molecule has 0 saturated carbocycles. The van der Waals surface area contributed by atoms with E-state index in [0.29, 0.717) is 13.1 Å². The van der Waals surface area contributed by atoms with Gasteiger partial charge in [0.25, 0.3) is 0 Å². The van der Waals surface area contributed by atoms with E-state index in [1.807, 2.05) is 17.5 Å². The van der Waals surface area contributed by atoms with Gasteiger partial charge in [0, 0.05) is 18.0 Å². The van der Waals surface area contributed by atoms with E-state index >= 15 is 0 Å². The summed E-state index contributed by atoms with van der Waals surface area (Å²) in [6.07, 6.45) is 0.250. The molecule has 0 spiro atoms. The van der Waals surface area contributed by atoms with Crippen molar-refractivity contribution in [3.8, 4) is 0 Å². The van der Waals surface area contributed by atoms with Crippen molar-refractivity contribution in [2.75, 3.05) is 20.2 Å². The second-order valence-corrected chi connectivity index (χ2v) is 5.38. The molecule has 2 unspecified atom stereocenters. The summed E-state index contributed by atoms with van der Waals surface area (Å²) in [5, 5.41) is 4.59. The topological polar surface area (TPSA) is 84.7 Å². The maximum Gasteiger partial charge on any atom is 0.407 e. The zero-order valence-electron chi connectivity index (χ0n) is 10.7. The summed E-state index contributed by atoms with van der Waals surface area (Å²) in [6.45, 7) is 1.08. The Balaban J connectivity index is 1.90. The second-order valence-electron chi connectivity index (χ2n) is 4.40. The maximum absolute atomic E-state index is 12.2. The number of methoxy groups -OCH3 is 1. The van der Waals surface area contributed by atoms with Crippen molar-refractivity contribution in [2.24, 2.45) is 5.73 Å². The first kappa shape index (κ1) is 13.8. The molecule has 0 bridgehead atoms. The second kappa shape index (κ2) is 6.03. The highest BCUT2D eigenvalue weighted by Gasteiger charge is 2.31. The van der Waals surface area contributed by atoms with E-state index in [4.69, 9.17) is 5.73 Å². The van der Waals surface area contributed by atoms with Crippen LogP contribution in [0.2, 0.25) is 0 Å². The number of rotatable bonds is 3. The van der Waals surface area contributed by atoms with E-state index in [1.165, 1.54) is 18.4 Å². The number of amides is 2. The monoisotopic (exact) mass is 283 g/mol. The largest absolute Gasteiger partial charge is 0.453 e. The Morgan fingerprint density at radius 2 is 2.42 bits per heavy atom. The van der Waals surface area contributed by atoms with Crippen LogP contribution in [0.4, 0.5) is 4.79 Å². The van der Waals surface area contributed by atoms with Crippen molar-refractivity contribution in [1.82, 2.24) is 10.2 Å². The lowest BCUT2D eigenvalue weighted by Crippen LogP contribution is -2.41. The van der Waals surface area contributed by atoms with Gasteiger partial charge in [-0.25, -0.2) is 4.79 Å². The Bertz CT molecular complexity index is 449. The smallest absolute Gasteiger partial charge is 0.407 e. The van der Waals surface area contributed by atoms with Gasteiger partial charge < -0.3 is 20.7 Å². The van der Waals surface area contributed by atoms with Gasteiger partial charge in [0.1, 0.15) is 6.04 Å². The number of carbonyl (C=O) groups is 2. The number of hydrogen-bond donors (Lipinski definition) is 2. The molecule has 2 rings (SSSR count). The number of carbonyl (C=O) groups excluding carboxylic acids is 2. The minimum Gasteiger partial charge on any atom is -0.453 e. The summed E-state index contributed by atoms with van der Waals surface area (Å²) in [4.78, 5) is 25.9. The zero-order valence-corrected chi connectivity index (χ0v) is 11.5. The average molecular weight is 283 g/mol. The fourth-order valence-electron chi connectivity index (χ4n) is 2.09. The third-order valence-electron chi connectivity index (χ3n) is 3.12. The highest BCUT2D eigenvalue weighted by Crippen LogP contribution is 2.21. The highest BCUT2D eigenvalue weighted by atomic mass is 32.1. The quantitative estimate of drug-likeness (QED) is 0.855. The Kier molecular flexibility index (Phi) is 4.39. The molecule has 3 N–H and O–H groups in total. The molecule has 1 aromatic heterocycles. The molecule has 19 heavy (non-hydrogen) atoms. The van der Waals surface area contributed by atoms with Gasteiger partial charge in [-0.15, -0.1) is 11.3 Å². The predicted octanol–water partition coefficient (Wildman–Crippen LogP) is 0.705. The summed E-state index contributed by atoms with van der Waals surface area (Å²) in [5.41, 5.74) is 5.94. The third kappa shape index (κ3) is 3.24. The van der Waals surface area contributed by atoms with Crippen LogP contribution in [0.25, 0.3) is 0 Å². The van der Waals surface area contributed by atoms with Crippen molar-refractivity contribution in [3.05, 3.63) is 22.4 Å². The van der Waals surface area contributed by atoms with Gasteiger partial charge in [-0.05, 0) is 17.9 Å². The first-order valence-corrected chi connectivity index (χ1v) is 6.92. The van der Waals surface area contributed by atoms with Crippen LogP contribution in [0.1, 0.15) is 17.3 Å². The highest BCUT2D eigenvalue weighted by molar-refractivity contribution is 7.10. The molecule has 0 aliphatic carbocycles. The van der Waals surface area contributed by atoms with Crippen LogP contribution in [0.3, 0.4) is 0 Å². The fourth-order valence-corrected chi connectivity index (χ4v) is 2.81. The molecule has 1 fully saturated rings. The van der Waals surface area contributed by atoms with E-state index in [-0.39, 0.29) is 11.9 Å². The molecule has 1 aliphatic heterocycles. The molecule has 104 valence electrons. The van der Waals surface area contributed by atoms with Gasteiger partial charge in [-0.1, -0.05) is 6.07 Å². The van der Waals surface area contributed by atoms with Crippen LogP contribution in [-0.4, -0.2) is 43.1 Å². The average Bonchev–Trinajstić information content (AvgIpc) is 3.07. The lowest BCUT2D eigenvalue weighted by atomic mass is 10.2. The molecular formula is C12H17N3O3S. The zero-order chi connectivity index (χ0) is 13.8. The number of likely N-dealkylation sites (tertiary alicyclic amines) is 1. The summed E-state index contributed by atoms with van der Waals surface area (Å²) >= 11 is 1.47. The molecule has 0 aromatic carbocycles. The number of alkyl carbamates (subject to hydrolysis) is 1. The molecule has 1 aliphatic rings. The molecule has 7 heteroatoms. The predicted molar refractivity (Wildman–Crippen MR) is 71.8 cm³/mol. The minimum atomic E-state index is -0.614. The summed E-state index contributed by atoms with van der Waals surface area (Å²) < 4.78 is 4.54. The SMILES string of the molecule is COC(=O)NC1CCN(C(=O)C(N)c2cccs2)C1. The van der Waals surface area contributed by atoms with Crippen molar-refractivity contribution in [2.45, 2.75) is 18.5 Å². The van der Waals surface area contributed by atoms with Crippen LogP contribution in [0.5, 0.6) is 0 Å². The van der Waals surface area contributed by atoms with E-state index in [9.17, 15) is 9.59 Å². The summed E-state index contributed by atoms with van der Waals surface area (Å²) in [6, 6.07) is 3.05. The Morgan fingerprint density at radius 3 is 3.05 bits per heavy atom. The van der Waals surface area contributed by atoms with E-state index in [1.54, 1.807) is 4.90 Å². The Hall–Kier alpha value is -1.60. The van der Waals surface area contributed by atoms with Crippen LogP contribution in [0.15, 0.2) is 17.5 Å². The van der Waals surface area contributed by atoms with Crippen LogP contribution >= 0.6 is 11.3 Å². The number of nitrogens with two attached hydrogens (primary N) is 1. The van der Waals surface area contributed by atoms with E-state index in [0.717, 1.165) is 11.3 Å². The van der Waals surface area contributed by atoms with E-state index < -0.39 is 12.1 Å². The first-order valence-electron chi connectivity index (χ1n) is 6.04. The number of hydrogen-bond acceptors (Lipinski definition) is 5. The Morgan fingerprint density at radius 1 is 1.63 bits per heavy atom. The molecular weight excluding hydrogens is 266 g/mol. The maximum atomic E-state index is 12.2. The normalized spacial score (nSPS) is 20.1. The fraction of sp³-hybridized carbons (Fsp3) is 0.500. The van der Waals surface area contributed by atoms with Crippen molar-refractivity contribution >= 4 is 23.3 Å². The molecule has 6 nitrogen and oxygen atoms in total. The van der Waals surface area contributed by atoms with Gasteiger partial charge in [0.15, 0.2) is 0 Å². The van der Waals surface area contributed by atoms with E-state index in [2.05, 4.69) is 10.1 Å². The molecule has 1 saturated heterocycles. The lowest BCUT2D eigenvalue weighted by Gasteiger charge is -2.20. The lowest BCUT2D eigenvalue weighted by molar-refractivity contribution is -0.131. The minimum absolute atomic E-state index is 0.0630. The summed E-state index contributed by atoms with van der Waals surface area (Å²) in [7, 11) is 1.32. The molecule has 2 atom stereocenters. The molecule has 0 radical (unpaired) electrons. The van der Waals surface area contributed by atoms with Crippen LogP contribution in [0, 0.1) is 0 Å². The molecule has 2 heterocycles. The van der Waals surface area contributed by atoms with Gasteiger partial charge in [0.2, 0.25) is 5.91 Å². The standard InChI is InChI=1S/C12H17N3O3S/c1-18-12(17)14-8-4-5-15(7-8)11(16)10(13)9-3-2-6-19-9/h2-3,6,8,10H,4-5,7,13H2,1H3,(H,14,17). The first-order chi connectivity index (χ1) is 9.11. The number of thiophene rings is 1. The van der Waals surface area contributed by atoms with Gasteiger partial charge in [0.05, 0.1) is 13.2 Å². The summed E-state index contributed by atoms with van der Waals surface area (Å²) in [5.74, 6) is -0.100. The van der Waals surface area contributed by atoms with Crippen molar-refractivity contribution in [1.29, 1.82) is 0 Å². The van der Waals surface area contributed by atoms with Crippen LogP contribution in [-0.2, 0) is 9.53 Å². The third-order valence-corrected chi connectivity index (χ3v) is 4.08. The molecule has 2 amide bonds. The number of ether oxygens (including phenoxy) is 1.